The average molecular weight is 381 g/mol. The molecular weight excluding hydrogens is 360 g/mol. The van der Waals surface area contributed by atoms with Crippen LogP contribution in [0, 0.1) is 6.92 Å². The summed E-state index contributed by atoms with van der Waals surface area (Å²) < 4.78 is 27.3. The number of halogens is 1. The Bertz CT molecular complexity index is 839. The molecule has 2 aromatic carbocycles. The third kappa shape index (κ3) is 4.52. The summed E-state index contributed by atoms with van der Waals surface area (Å²) in [6.45, 7) is 3.85. The van der Waals surface area contributed by atoms with Gasteiger partial charge in [-0.05, 0) is 43.2 Å². The zero-order chi connectivity index (χ0) is 18.4. The molecule has 0 fully saturated rings. The summed E-state index contributed by atoms with van der Waals surface area (Å²) in [7, 11) is -3.90. The fourth-order valence-corrected chi connectivity index (χ4v) is 4.01. The van der Waals surface area contributed by atoms with Crippen molar-refractivity contribution >= 4 is 33.2 Å². The standard InChI is InChI=1S/C18H21ClN2O3S/c1-3-12-20-18(22)13-21(17-11-7-10-16(19)14(17)2)25(23,24)15-8-5-4-6-9-15/h4-11H,3,12-13H2,1-2H3,(H,20,22). The number of rotatable bonds is 7. The minimum Gasteiger partial charge on any atom is -0.355 e. The van der Waals surface area contributed by atoms with Crippen molar-refractivity contribution in [2.75, 3.05) is 17.4 Å². The molecule has 0 heterocycles. The van der Waals surface area contributed by atoms with Gasteiger partial charge in [0.1, 0.15) is 6.54 Å². The molecule has 0 unspecified atom stereocenters. The van der Waals surface area contributed by atoms with E-state index in [2.05, 4.69) is 5.32 Å². The Hall–Kier alpha value is -2.05. The van der Waals surface area contributed by atoms with Crippen LogP contribution in [0.2, 0.25) is 5.02 Å². The SMILES string of the molecule is CCCNC(=O)CN(c1cccc(Cl)c1C)S(=O)(=O)c1ccccc1. The van der Waals surface area contributed by atoms with Crippen LogP contribution in [0.5, 0.6) is 0 Å². The maximum atomic E-state index is 13.1. The van der Waals surface area contributed by atoms with Crippen LogP contribution in [0.4, 0.5) is 5.69 Å². The number of amides is 1. The van der Waals surface area contributed by atoms with Crippen LogP contribution in [0.3, 0.4) is 0 Å². The van der Waals surface area contributed by atoms with Crippen molar-refractivity contribution in [1.29, 1.82) is 0 Å². The van der Waals surface area contributed by atoms with Gasteiger partial charge in [-0.2, -0.15) is 0 Å². The monoisotopic (exact) mass is 380 g/mol. The summed E-state index contributed by atoms with van der Waals surface area (Å²) in [5.41, 5.74) is 0.995. The Kier molecular flexibility index (Phi) is 6.45. The Balaban J connectivity index is 2.49. The van der Waals surface area contributed by atoms with E-state index in [1.165, 1.54) is 12.1 Å². The first kappa shape index (κ1) is 19.3. The highest BCUT2D eigenvalue weighted by Crippen LogP contribution is 2.30. The van der Waals surface area contributed by atoms with Gasteiger partial charge < -0.3 is 5.32 Å². The number of carbonyl (C=O) groups excluding carboxylic acids is 1. The first-order chi connectivity index (χ1) is 11.9. The maximum absolute atomic E-state index is 13.1. The van der Waals surface area contributed by atoms with Crippen molar-refractivity contribution in [2.45, 2.75) is 25.2 Å². The van der Waals surface area contributed by atoms with E-state index in [0.29, 0.717) is 22.8 Å². The number of nitrogens with zero attached hydrogens (tertiary/aromatic N) is 1. The number of hydrogen-bond acceptors (Lipinski definition) is 3. The Morgan fingerprint density at radius 3 is 2.44 bits per heavy atom. The molecule has 0 aliphatic carbocycles. The summed E-state index contributed by atoms with van der Waals surface area (Å²) in [6.07, 6.45) is 0.771. The maximum Gasteiger partial charge on any atom is 0.264 e. The smallest absolute Gasteiger partial charge is 0.264 e. The molecular formula is C18H21ClN2O3S. The number of benzene rings is 2. The molecule has 25 heavy (non-hydrogen) atoms. The molecule has 0 aliphatic heterocycles. The van der Waals surface area contributed by atoms with E-state index in [4.69, 9.17) is 11.6 Å². The van der Waals surface area contributed by atoms with Gasteiger partial charge in [0.25, 0.3) is 10.0 Å². The lowest BCUT2D eigenvalue weighted by Gasteiger charge is -2.26. The third-order valence-corrected chi connectivity index (χ3v) is 5.88. The molecule has 0 radical (unpaired) electrons. The van der Waals surface area contributed by atoms with Gasteiger partial charge in [-0.25, -0.2) is 8.42 Å². The molecule has 0 spiro atoms. The Morgan fingerprint density at radius 1 is 1.12 bits per heavy atom. The summed E-state index contributed by atoms with van der Waals surface area (Å²) in [5, 5.41) is 3.16. The van der Waals surface area contributed by atoms with E-state index in [-0.39, 0.29) is 17.3 Å². The summed E-state index contributed by atoms with van der Waals surface area (Å²) in [4.78, 5) is 12.3. The van der Waals surface area contributed by atoms with Crippen molar-refractivity contribution in [3.8, 4) is 0 Å². The second-order valence-electron chi connectivity index (χ2n) is 5.56. The van der Waals surface area contributed by atoms with Gasteiger partial charge in [-0.15, -0.1) is 0 Å². The molecule has 134 valence electrons. The van der Waals surface area contributed by atoms with Crippen molar-refractivity contribution in [2.24, 2.45) is 0 Å². The van der Waals surface area contributed by atoms with E-state index < -0.39 is 10.0 Å². The number of anilines is 1. The molecule has 0 aromatic heterocycles. The fraction of sp³-hybridized carbons (Fsp3) is 0.278. The van der Waals surface area contributed by atoms with Gasteiger partial charge in [0.05, 0.1) is 10.6 Å². The number of carbonyl (C=O) groups is 1. The highest BCUT2D eigenvalue weighted by molar-refractivity contribution is 7.92. The molecule has 2 rings (SSSR count). The second kappa shape index (κ2) is 8.36. The molecule has 1 N–H and O–H groups in total. The molecule has 1 amide bonds. The summed E-state index contributed by atoms with van der Waals surface area (Å²) in [6, 6.07) is 13.0. The van der Waals surface area contributed by atoms with Gasteiger partial charge in [0.2, 0.25) is 5.91 Å². The number of hydrogen-bond donors (Lipinski definition) is 1. The highest BCUT2D eigenvalue weighted by atomic mass is 35.5. The van der Waals surface area contributed by atoms with Crippen LogP contribution in [0.1, 0.15) is 18.9 Å². The molecule has 0 bridgehead atoms. The molecule has 0 saturated heterocycles. The molecule has 0 atom stereocenters. The van der Waals surface area contributed by atoms with Crippen molar-refractivity contribution in [3.63, 3.8) is 0 Å². The molecule has 5 nitrogen and oxygen atoms in total. The number of nitrogens with one attached hydrogen (secondary N) is 1. The van der Waals surface area contributed by atoms with Gasteiger partial charge in [-0.3, -0.25) is 9.10 Å². The highest BCUT2D eigenvalue weighted by Gasteiger charge is 2.28. The largest absolute Gasteiger partial charge is 0.355 e. The van der Waals surface area contributed by atoms with Crippen LogP contribution in [-0.4, -0.2) is 27.4 Å². The van der Waals surface area contributed by atoms with Gasteiger partial charge in [0.15, 0.2) is 0 Å². The lowest BCUT2D eigenvalue weighted by atomic mass is 10.2. The number of sulfonamides is 1. The molecule has 0 saturated carbocycles. The summed E-state index contributed by atoms with van der Waals surface area (Å²) >= 11 is 6.15. The van der Waals surface area contributed by atoms with Crippen LogP contribution in [0.15, 0.2) is 53.4 Å². The van der Waals surface area contributed by atoms with Gasteiger partial charge in [-0.1, -0.05) is 42.8 Å². The lowest BCUT2D eigenvalue weighted by molar-refractivity contribution is -0.119. The Labute approximate surface area is 153 Å². The molecule has 0 aliphatic rings. The first-order valence-corrected chi connectivity index (χ1v) is 9.79. The van der Waals surface area contributed by atoms with E-state index in [0.717, 1.165) is 10.7 Å². The molecule has 7 heteroatoms. The van der Waals surface area contributed by atoms with Crippen LogP contribution < -0.4 is 9.62 Å². The zero-order valence-corrected chi connectivity index (χ0v) is 15.8. The van der Waals surface area contributed by atoms with E-state index in [9.17, 15) is 13.2 Å². The minimum atomic E-state index is -3.90. The van der Waals surface area contributed by atoms with Crippen LogP contribution in [-0.2, 0) is 14.8 Å². The first-order valence-electron chi connectivity index (χ1n) is 7.97. The van der Waals surface area contributed by atoms with Gasteiger partial charge in [0, 0.05) is 11.6 Å². The van der Waals surface area contributed by atoms with Crippen molar-refractivity contribution in [1.82, 2.24) is 5.32 Å². The minimum absolute atomic E-state index is 0.123. The van der Waals surface area contributed by atoms with Crippen LogP contribution in [0.25, 0.3) is 0 Å². The van der Waals surface area contributed by atoms with Crippen molar-refractivity contribution < 1.29 is 13.2 Å². The zero-order valence-electron chi connectivity index (χ0n) is 14.2. The quantitative estimate of drug-likeness (QED) is 0.800. The topological polar surface area (TPSA) is 66.5 Å². The van der Waals surface area contributed by atoms with E-state index >= 15 is 0 Å². The van der Waals surface area contributed by atoms with E-state index in [1.807, 2.05) is 6.92 Å². The normalized spacial score (nSPS) is 11.2. The predicted octanol–water partition coefficient (Wildman–Crippen LogP) is 3.37. The second-order valence-corrected chi connectivity index (χ2v) is 7.83. The van der Waals surface area contributed by atoms with Gasteiger partial charge >= 0.3 is 0 Å². The fourth-order valence-electron chi connectivity index (χ4n) is 2.34. The predicted molar refractivity (Wildman–Crippen MR) is 100 cm³/mol. The third-order valence-electron chi connectivity index (χ3n) is 3.70. The van der Waals surface area contributed by atoms with Crippen molar-refractivity contribution in [3.05, 3.63) is 59.1 Å². The molecule has 2 aromatic rings. The lowest BCUT2D eigenvalue weighted by Crippen LogP contribution is -2.41. The van der Waals surface area contributed by atoms with E-state index in [1.54, 1.807) is 43.3 Å². The Morgan fingerprint density at radius 2 is 1.80 bits per heavy atom. The average Bonchev–Trinajstić information content (AvgIpc) is 2.61. The summed E-state index contributed by atoms with van der Waals surface area (Å²) in [5.74, 6) is -0.360. The van der Waals surface area contributed by atoms with Crippen LogP contribution >= 0.6 is 11.6 Å².